The number of aromatic nitrogens is 2. The van der Waals surface area contributed by atoms with Gasteiger partial charge in [0.1, 0.15) is 0 Å². The fourth-order valence-electron chi connectivity index (χ4n) is 4.11. The van der Waals surface area contributed by atoms with E-state index < -0.39 is 0 Å². The second-order valence-electron chi connectivity index (χ2n) is 7.11. The highest BCUT2D eigenvalue weighted by Crippen LogP contribution is 2.28. The first-order valence-corrected chi connectivity index (χ1v) is 9.35. The van der Waals surface area contributed by atoms with Crippen LogP contribution in [0.1, 0.15) is 25.7 Å². The predicted octanol–water partition coefficient (Wildman–Crippen LogP) is 1.30. The molecule has 1 unspecified atom stereocenters. The van der Waals surface area contributed by atoms with E-state index in [0.717, 1.165) is 57.8 Å². The number of likely N-dealkylation sites (tertiary alicyclic amines) is 1. The van der Waals surface area contributed by atoms with Crippen molar-refractivity contribution < 1.29 is 14.3 Å². The van der Waals surface area contributed by atoms with E-state index in [9.17, 15) is 4.79 Å². The SMILES string of the molecule is O=C(C1CCCN(c2ncccn2)C1)N1CCC(C2OCCO2)CC1. The Morgan fingerprint density at radius 2 is 1.76 bits per heavy atom. The van der Waals surface area contributed by atoms with Crippen LogP contribution in [0.3, 0.4) is 0 Å². The molecule has 4 rings (SSSR count). The number of piperidine rings is 2. The van der Waals surface area contributed by atoms with Gasteiger partial charge in [0.25, 0.3) is 0 Å². The fraction of sp³-hybridized carbons (Fsp3) is 0.722. The minimum Gasteiger partial charge on any atom is -0.350 e. The molecule has 3 fully saturated rings. The topological polar surface area (TPSA) is 67.8 Å². The monoisotopic (exact) mass is 346 g/mol. The Kier molecular flexibility index (Phi) is 5.12. The smallest absolute Gasteiger partial charge is 0.227 e. The lowest BCUT2D eigenvalue weighted by molar-refractivity contribution is -0.141. The number of ether oxygens (including phenoxy) is 2. The van der Waals surface area contributed by atoms with Gasteiger partial charge >= 0.3 is 0 Å². The van der Waals surface area contributed by atoms with Crippen LogP contribution in [0.2, 0.25) is 0 Å². The fourth-order valence-corrected chi connectivity index (χ4v) is 4.11. The van der Waals surface area contributed by atoms with E-state index in [1.165, 1.54) is 0 Å². The summed E-state index contributed by atoms with van der Waals surface area (Å²) >= 11 is 0. The van der Waals surface area contributed by atoms with Crippen LogP contribution in [0, 0.1) is 11.8 Å². The minimum absolute atomic E-state index is 0.0492. The van der Waals surface area contributed by atoms with Gasteiger partial charge in [-0.05, 0) is 31.7 Å². The molecule has 0 bridgehead atoms. The van der Waals surface area contributed by atoms with Crippen molar-refractivity contribution >= 4 is 11.9 Å². The first-order chi connectivity index (χ1) is 12.3. The molecule has 0 saturated carbocycles. The summed E-state index contributed by atoms with van der Waals surface area (Å²) in [6.07, 6.45) is 7.35. The highest BCUT2D eigenvalue weighted by atomic mass is 16.7. The van der Waals surface area contributed by atoms with E-state index in [1.54, 1.807) is 12.4 Å². The average Bonchev–Trinajstić information content (AvgIpc) is 3.23. The van der Waals surface area contributed by atoms with Gasteiger partial charge in [-0.15, -0.1) is 0 Å². The van der Waals surface area contributed by atoms with Gasteiger partial charge in [0.2, 0.25) is 11.9 Å². The van der Waals surface area contributed by atoms with Crippen LogP contribution in [0.15, 0.2) is 18.5 Å². The van der Waals surface area contributed by atoms with Gasteiger partial charge in [0.05, 0.1) is 19.1 Å². The maximum Gasteiger partial charge on any atom is 0.227 e. The van der Waals surface area contributed by atoms with Crippen molar-refractivity contribution in [3.8, 4) is 0 Å². The summed E-state index contributed by atoms with van der Waals surface area (Å²) in [5, 5.41) is 0. The normalized spacial score (nSPS) is 26.2. The zero-order valence-corrected chi connectivity index (χ0v) is 14.5. The van der Waals surface area contributed by atoms with E-state index in [1.807, 2.05) is 11.0 Å². The summed E-state index contributed by atoms with van der Waals surface area (Å²) in [5.74, 6) is 1.49. The van der Waals surface area contributed by atoms with Gasteiger partial charge in [0.15, 0.2) is 6.29 Å². The van der Waals surface area contributed by atoms with Crippen molar-refractivity contribution in [3.05, 3.63) is 18.5 Å². The molecule has 3 aliphatic heterocycles. The molecule has 1 aromatic heterocycles. The lowest BCUT2D eigenvalue weighted by Crippen LogP contribution is -2.48. The van der Waals surface area contributed by atoms with Crippen LogP contribution < -0.4 is 4.90 Å². The molecular weight excluding hydrogens is 320 g/mol. The zero-order chi connectivity index (χ0) is 17.1. The zero-order valence-electron chi connectivity index (χ0n) is 14.5. The number of carbonyl (C=O) groups is 1. The standard InChI is InChI=1S/C18H26N4O3/c23-16(21-9-4-14(5-10-21)17-24-11-12-25-17)15-3-1-8-22(13-15)18-19-6-2-7-20-18/h2,6-7,14-15,17H,1,3-5,8-13H2. The summed E-state index contributed by atoms with van der Waals surface area (Å²) < 4.78 is 11.2. The Morgan fingerprint density at radius 1 is 1.04 bits per heavy atom. The third-order valence-corrected chi connectivity index (χ3v) is 5.49. The highest BCUT2D eigenvalue weighted by molar-refractivity contribution is 5.79. The lowest BCUT2D eigenvalue weighted by atomic mass is 9.92. The number of carbonyl (C=O) groups excluding carboxylic acids is 1. The Balaban J connectivity index is 1.32. The molecular formula is C18H26N4O3. The van der Waals surface area contributed by atoms with Crippen LogP contribution in [0.4, 0.5) is 5.95 Å². The van der Waals surface area contributed by atoms with Crippen molar-refractivity contribution in [2.45, 2.75) is 32.0 Å². The maximum atomic E-state index is 13.0. The Labute approximate surface area is 148 Å². The van der Waals surface area contributed by atoms with E-state index in [2.05, 4.69) is 14.9 Å². The molecule has 0 aromatic carbocycles. The van der Waals surface area contributed by atoms with Crippen molar-refractivity contribution in [3.63, 3.8) is 0 Å². The summed E-state index contributed by atoms with van der Waals surface area (Å²) in [4.78, 5) is 25.8. The van der Waals surface area contributed by atoms with Gasteiger partial charge in [-0.25, -0.2) is 9.97 Å². The van der Waals surface area contributed by atoms with Gasteiger partial charge < -0.3 is 19.3 Å². The van der Waals surface area contributed by atoms with Gasteiger partial charge in [-0.3, -0.25) is 4.79 Å². The largest absolute Gasteiger partial charge is 0.350 e. The quantitative estimate of drug-likeness (QED) is 0.822. The number of hydrogen-bond acceptors (Lipinski definition) is 6. The molecule has 0 spiro atoms. The Hall–Kier alpha value is -1.73. The molecule has 3 saturated heterocycles. The number of hydrogen-bond donors (Lipinski definition) is 0. The summed E-state index contributed by atoms with van der Waals surface area (Å²) in [6, 6.07) is 1.82. The average molecular weight is 346 g/mol. The molecule has 1 aromatic rings. The number of rotatable bonds is 3. The summed E-state index contributed by atoms with van der Waals surface area (Å²) in [6.45, 7) is 4.66. The molecule has 136 valence electrons. The first kappa shape index (κ1) is 16.7. The molecule has 1 atom stereocenters. The van der Waals surface area contributed by atoms with Gasteiger partial charge in [-0.2, -0.15) is 0 Å². The van der Waals surface area contributed by atoms with E-state index in [0.29, 0.717) is 19.1 Å². The van der Waals surface area contributed by atoms with Crippen molar-refractivity contribution in [1.82, 2.24) is 14.9 Å². The van der Waals surface area contributed by atoms with Crippen LogP contribution in [0.25, 0.3) is 0 Å². The molecule has 7 heteroatoms. The van der Waals surface area contributed by atoms with E-state index in [4.69, 9.17) is 9.47 Å². The summed E-state index contributed by atoms with van der Waals surface area (Å²) in [5.41, 5.74) is 0. The van der Waals surface area contributed by atoms with Crippen LogP contribution in [0.5, 0.6) is 0 Å². The van der Waals surface area contributed by atoms with Crippen molar-refractivity contribution in [2.75, 3.05) is 44.3 Å². The number of nitrogens with zero attached hydrogens (tertiary/aromatic N) is 4. The molecule has 0 aliphatic carbocycles. The second-order valence-corrected chi connectivity index (χ2v) is 7.11. The van der Waals surface area contributed by atoms with E-state index >= 15 is 0 Å². The molecule has 7 nitrogen and oxygen atoms in total. The third kappa shape index (κ3) is 3.77. The second kappa shape index (κ2) is 7.66. The first-order valence-electron chi connectivity index (χ1n) is 9.35. The number of anilines is 1. The third-order valence-electron chi connectivity index (χ3n) is 5.49. The molecule has 0 N–H and O–H groups in total. The Morgan fingerprint density at radius 3 is 2.48 bits per heavy atom. The van der Waals surface area contributed by atoms with Gasteiger partial charge in [-0.1, -0.05) is 0 Å². The molecule has 4 heterocycles. The molecule has 25 heavy (non-hydrogen) atoms. The van der Waals surface area contributed by atoms with Crippen molar-refractivity contribution in [2.24, 2.45) is 11.8 Å². The Bertz CT molecular complexity index is 571. The lowest BCUT2D eigenvalue weighted by Gasteiger charge is -2.38. The molecule has 0 radical (unpaired) electrons. The summed E-state index contributed by atoms with van der Waals surface area (Å²) in [7, 11) is 0. The van der Waals surface area contributed by atoms with Crippen LogP contribution >= 0.6 is 0 Å². The minimum atomic E-state index is -0.0577. The van der Waals surface area contributed by atoms with Crippen LogP contribution in [-0.4, -0.2) is 66.5 Å². The van der Waals surface area contributed by atoms with Crippen LogP contribution in [-0.2, 0) is 14.3 Å². The maximum absolute atomic E-state index is 13.0. The predicted molar refractivity (Wildman–Crippen MR) is 92.0 cm³/mol. The van der Waals surface area contributed by atoms with E-state index in [-0.39, 0.29) is 18.1 Å². The molecule has 1 amide bonds. The number of amides is 1. The highest BCUT2D eigenvalue weighted by Gasteiger charge is 2.35. The van der Waals surface area contributed by atoms with Gasteiger partial charge in [0, 0.05) is 44.5 Å². The van der Waals surface area contributed by atoms with Crippen molar-refractivity contribution in [1.29, 1.82) is 0 Å². The molecule has 3 aliphatic rings.